The molecule has 164 valence electrons. The molecule has 34 heavy (non-hydrogen) atoms. The number of rotatable bonds is 4. The summed E-state index contributed by atoms with van der Waals surface area (Å²) >= 11 is 0. The van der Waals surface area contributed by atoms with Gasteiger partial charge >= 0.3 is 0 Å². The molecule has 0 unspecified atom stereocenters. The Labute approximate surface area is 193 Å². The number of nitrogens with two attached hydrogens (primary N) is 1. The molecule has 0 spiro atoms. The summed E-state index contributed by atoms with van der Waals surface area (Å²) in [4.78, 5) is 8.79. The molecule has 0 atom stereocenters. The van der Waals surface area contributed by atoms with Gasteiger partial charge in [0.25, 0.3) is 0 Å². The number of hydrogen-bond donors (Lipinski definition) is 2. The monoisotopic (exact) mass is 446 g/mol. The quantitative estimate of drug-likeness (QED) is 0.354. The van der Waals surface area contributed by atoms with E-state index in [0.29, 0.717) is 40.2 Å². The number of nitriles is 1. The van der Waals surface area contributed by atoms with Gasteiger partial charge in [-0.05, 0) is 42.3 Å². The number of nitrogens with zero attached hydrogens (tertiary/aromatic N) is 4. The van der Waals surface area contributed by atoms with Gasteiger partial charge in [-0.3, -0.25) is 10.1 Å². The lowest BCUT2D eigenvalue weighted by Gasteiger charge is -2.12. The molecule has 6 aromatic rings. The summed E-state index contributed by atoms with van der Waals surface area (Å²) in [6.45, 7) is 2.35. The standard InChI is InChI=1S/C26H18N6O2/c1-14-4-5-20-19(12-30-32-20)23(14)16-9-17-25-21(34-26(17)18(10-27)24(16)28)6-7-22(31-25)33-13-15-3-2-8-29-11-15/h2-9,11-12H,13,28H2,1H3,(H,30,32). The van der Waals surface area contributed by atoms with Crippen molar-refractivity contribution < 1.29 is 9.15 Å². The fourth-order valence-electron chi connectivity index (χ4n) is 4.30. The zero-order valence-electron chi connectivity index (χ0n) is 18.2. The van der Waals surface area contributed by atoms with Crippen molar-refractivity contribution in [1.29, 1.82) is 5.26 Å². The van der Waals surface area contributed by atoms with E-state index in [4.69, 9.17) is 14.9 Å². The van der Waals surface area contributed by atoms with Crippen LogP contribution in [-0.4, -0.2) is 20.2 Å². The van der Waals surface area contributed by atoms with Gasteiger partial charge in [-0.25, -0.2) is 4.98 Å². The summed E-state index contributed by atoms with van der Waals surface area (Å²) in [5, 5.41) is 18.8. The van der Waals surface area contributed by atoms with Gasteiger partial charge in [-0.15, -0.1) is 0 Å². The number of benzene rings is 2. The van der Waals surface area contributed by atoms with E-state index < -0.39 is 0 Å². The van der Waals surface area contributed by atoms with Crippen LogP contribution in [-0.2, 0) is 6.61 Å². The van der Waals surface area contributed by atoms with Gasteiger partial charge in [-0.1, -0.05) is 12.1 Å². The zero-order valence-corrected chi connectivity index (χ0v) is 18.2. The topological polar surface area (TPSA) is 127 Å². The molecule has 3 N–H and O–H groups in total. The van der Waals surface area contributed by atoms with Crippen molar-refractivity contribution in [3.05, 3.63) is 77.7 Å². The lowest BCUT2D eigenvalue weighted by molar-refractivity contribution is 0.294. The second-order valence-electron chi connectivity index (χ2n) is 8.04. The van der Waals surface area contributed by atoms with Gasteiger partial charge in [0.05, 0.1) is 17.4 Å². The second kappa shape index (κ2) is 7.60. The molecular formula is C26H18N6O2. The van der Waals surface area contributed by atoms with Gasteiger partial charge in [0.2, 0.25) is 5.88 Å². The molecule has 0 aliphatic rings. The minimum Gasteiger partial charge on any atom is -0.473 e. The molecule has 0 saturated carbocycles. The Morgan fingerprint density at radius 3 is 2.88 bits per heavy atom. The van der Waals surface area contributed by atoms with Crippen LogP contribution in [0.1, 0.15) is 16.7 Å². The molecule has 0 aliphatic carbocycles. The first-order valence-corrected chi connectivity index (χ1v) is 10.6. The third-order valence-corrected chi connectivity index (χ3v) is 5.94. The summed E-state index contributed by atoms with van der Waals surface area (Å²) in [5.74, 6) is 0.448. The average Bonchev–Trinajstić information content (AvgIpc) is 3.47. The zero-order chi connectivity index (χ0) is 23.2. The molecule has 4 heterocycles. The highest BCUT2D eigenvalue weighted by Gasteiger charge is 2.21. The highest BCUT2D eigenvalue weighted by molar-refractivity contribution is 6.11. The van der Waals surface area contributed by atoms with Gasteiger partial charge in [0.1, 0.15) is 23.8 Å². The lowest BCUT2D eigenvalue weighted by atomic mass is 9.92. The highest BCUT2D eigenvalue weighted by Crippen LogP contribution is 2.42. The largest absolute Gasteiger partial charge is 0.473 e. The molecule has 0 fully saturated rings. The van der Waals surface area contributed by atoms with Crippen LogP contribution < -0.4 is 10.5 Å². The third-order valence-electron chi connectivity index (χ3n) is 5.94. The Kier molecular flexibility index (Phi) is 4.42. The number of nitrogen functional groups attached to an aromatic ring is 1. The van der Waals surface area contributed by atoms with Gasteiger partial charge < -0.3 is 14.9 Å². The van der Waals surface area contributed by atoms with Crippen LogP contribution in [0.15, 0.2) is 65.5 Å². The van der Waals surface area contributed by atoms with Crippen molar-refractivity contribution in [3.63, 3.8) is 0 Å². The number of aryl methyl sites for hydroxylation is 1. The van der Waals surface area contributed by atoms with Crippen molar-refractivity contribution in [2.24, 2.45) is 0 Å². The van der Waals surface area contributed by atoms with Crippen LogP contribution >= 0.6 is 0 Å². The number of anilines is 1. The van der Waals surface area contributed by atoms with Crippen LogP contribution in [0.3, 0.4) is 0 Å². The number of aromatic nitrogens is 4. The van der Waals surface area contributed by atoms with E-state index >= 15 is 0 Å². The average molecular weight is 446 g/mol. The van der Waals surface area contributed by atoms with Crippen LogP contribution in [0.5, 0.6) is 5.88 Å². The maximum absolute atomic E-state index is 9.96. The smallest absolute Gasteiger partial charge is 0.214 e. The number of aromatic amines is 1. The Balaban J connectivity index is 1.55. The second-order valence-corrected chi connectivity index (χ2v) is 8.04. The molecule has 8 nitrogen and oxygen atoms in total. The maximum atomic E-state index is 9.96. The number of fused-ring (bicyclic) bond motifs is 4. The first-order chi connectivity index (χ1) is 16.6. The summed E-state index contributed by atoms with van der Waals surface area (Å²) in [7, 11) is 0. The maximum Gasteiger partial charge on any atom is 0.214 e. The summed E-state index contributed by atoms with van der Waals surface area (Å²) in [5.41, 5.74) is 13.2. The molecule has 6 rings (SSSR count). The molecule has 8 heteroatoms. The summed E-state index contributed by atoms with van der Waals surface area (Å²) < 4.78 is 11.9. The van der Waals surface area contributed by atoms with Crippen LogP contribution in [0.25, 0.3) is 44.1 Å². The number of nitrogens with one attached hydrogen (secondary N) is 1. The number of pyridine rings is 2. The fraction of sp³-hybridized carbons (Fsp3) is 0.0769. The van der Waals surface area contributed by atoms with Crippen molar-refractivity contribution in [3.8, 4) is 23.1 Å². The highest BCUT2D eigenvalue weighted by atomic mass is 16.5. The van der Waals surface area contributed by atoms with E-state index in [1.54, 1.807) is 30.7 Å². The molecule has 0 aliphatic heterocycles. The van der Waals surface area contributed by atoms with E-state index in [1.807, 2.05) is 37.3 Å². The van der Waals surface area contributed by atoms with Crippen molar-refractivity contribution >= 4 is 38.7 Å². The van der Waals surface area contributed by atoms with Crippen LogP contribution in [0.4, 0.5) is 5.69 Å². The lowest BCUT2D eigenvalue weighted by Crippen LogP contribution is -1.98. The van der Waals surface area contributed by atoms with Gasteiger partial charge in [-0.2, -0.15) is 10.4 Å². The van der Waals surface area contributed by atoms with E-state index in [1.165, 1.54) is 0 Å². The Morgan fingerprint density at radius 1 is 1.15 bits per heavy atom. The summed E-state index contributed by atoms with van der Waals surface area (Å²) in [6.07, 6.45) is 5.23. The van der Waals surface area contributed by atoms with E-state index in [0.717, 1.165) is 33.2 Å². The van der Waals surface area contributed by atoms with Crippen LogP contribution in [0.2, 0.25) is 0 Å². The van der Waals surface area contributed by atoms with Gasteiger partial charge in [0.15, 0.2) is 11.2 Å². The first kappa shape index (κ1) is 19.8. The molecule has 4 aromatic heterocycles. The van der Waals surface area contributed by atoms with Crippen molar-refractivity contribution in [2.75, 3.05) is 5.73 Å². The minimum absolute atomic E-state index is 0.281. The molecule has 2 aromatic carbocycles. The normalized spacial score (nSPS) is 11.3. The van der Waals surface area contributed by atoms with Crippen molar-refractivity contribution in [1.82, 2.24) is 20.2 Å². The molecule has 0 radical (unpaired) electrons. The van der Waals surface area contributed by atoms with Gasteiger partial charge in [0, 0.05) is 40.4 Å². The number of ether oxygens (including phenoxy) is 1. The van der Waals surface area contributed by atoms with Crippen LogP contribution in [0, 0.1) is 18.3 Å². The minimum atomic E-state index is 0.281. The molecule has 0 bridgehead atoms. The number of hydrogen-bond acceptors (Lipinski definition) is 7. The molecule has 0 saturated heterocycles. The Hall–Kier alpha value is -4.90. The number of furan rings is 1. The van der Waals surface area contributed by atoms with Crippen molar-refractivity contribution in [2.45, 2.75) is 13.5 Å². The summed E-state index contributed by atoms with van der Waals surface area (Å²) in [6, 6.07) is 15.5. The SMILES string of the molecule is Cc1ccc2[nH]ncc2c1-c1cc2c(oc3ccc(OCc4cccnc4)nc32)c(C#N)c1N. The predicted molar refractivity (Wildman–Crippen MR) is 129 cm³/mol. The molecular weight excluding hydrogens is 428 g/mol. The van der Waals surface area contributed by atoms with E-state index in [2.05, 4.69) is 26.2 Å². The predicted octanol–water partition coefficient (Wildman–Crippen LogP) is 5.26. The first-order valence-electron chi connectivity index (χ1n) is 10.6. The third kappa shape index (κ3) is 3.03. The fourth-order valence-corrected chi connectivity index (χ4v) is 4.30. The molecule has 0 amide bonds. The Bertz CT molecular complexity index is 1740. The van der Waals surface area contributed by atoms with E-state index in [9.17, 15) is 5.26 Å². The van der Waals surface area contributed by atoms with E-state index in [-0.39, 0.29) is 5.56 Å². The number of H-pyrrole nitrogens is 1. The Morgan fingerprint density at radius 2 is 2.06 bits per heavy atom.